The van der Waals surface area contributed by atoms with E-state index < -0.39 is 0 Å². The number of nitrogens with one attached hydrogen (secondary N) is 1. The number of rotatable bonds is 4. The summed E-state index contributed by atoms with van der Waals surface area (Å²) in [5, 5.41) is 11.6. The minimum absolute atomic E-state index is 0.105. The maximum absolute atomic E-state index is 11.7. The van der Waals surface area contributed by atoms with Gasteiger partial charge in [0.05, 0.1) is 3.81 Å². The number of amides is 1. The van der Waals surface area contributed by atoms with Crippen LogP contribution in [-0.4, -0.2) is 12.2 Å². The third-order valence-electron chi connectivity index (χ3n) is 2.01. The van der Waals surface area contributed by atoms with Crippen LogP contribution in [0, 0.1) is 11.3 Å². The summed E-state index contributed by atoms with van der Waals surface area (Å²) in [6, 6.07) is 11.4. The first kappa shape index (κ1) is 13.8. The summed E-state index contributed by atoms with van der Waals surface area (Å²) in [5.74, 6) is -0.363. The number of nitrogens with zero attached hydrogens (tertiary/aromatic N) is 1. The molecule has 0 aliphatic carbocycles. The Kier molecular flexibility index (Phi) is 5.81. The van der Waals surface area contributed by atoms with Gasteiger partial charge in [-0.25, -0.2) is 0 Å². The molecule has 0 atom stereocenters. The standard InChI is InChI=1S/C12H11BrN2OS/c1-17-11(13)10(7-14)12(16)15-8-9-5-3-2-4-6-9/h2-6H,8H2,1H3,(H,15,16)/b11-10+. The van der Waals surface area contributed by atoms with Gasteiger partial charge in [0.1, 0.15) is 11.6 Å². The number of thioether (sulfide) groups is 1. The molecule has 17 heavy (non-hydrogen) atoms. The van der Waals surface area contributed by atoms with Gasteiger partial charge < -0.3 is 5.32 Å². The third kappa shape index (κ3) is 4.25. The largest absolute Gasteiger partial charge is 0.347 e. The number of carbonyl (C=O) groups is 1. The Morgan fingerprint density at radius 3 is 2.65 bits per heavy atom. The molecule has 0 heterocycles. The van der Waals surface area contributed by atoms with Crippen LogP contribution in [0.25, 0.3) is 0 Å². The van der Waals surface area contributed by atoms with Gasteiger partial charge in [-0.15, -0.1) is 11.8 Å². The Morgan fingerprint density at radius 2 is 2.12 bits per heavy atom. The van der Waals surface area contributed by atoms with Gasteiger partial charge in [-0.05, 0) is 27.7 Å². The normalized spacial score (nSPS) is 11.4. The van der Waals surface area contributed by atoms with Crippen LogP contribution in [0.1, 0.15) is 5.56 Å². The number of hydrogen-bond acceptors (Lipinski definition) is 3. The molecule has 0 aliphatic heterocycles. The fraction of sp³-hybridized carbons (Fsp3) is 0.167. The lowest BCUT2D eigenvalue weighted by Crippen LogP contribution is -2.24. The fourth-order valence-electron chi connectivity index (χ4n) is 1.15. The first-order valence-corrected chi connectivity index (χ1v) is 6.86. The van der Waals surface area contributed by atoms with E-state index in [4.69, 9.17) is 5.26 Å². The van der Waals surface area contributed by atoms with Crippen LogP contribution in [-0.2, 0) is 11.3 Å². The topological polar surface area (TPSA) is 52.9 Å². The maximum Gasteiger partial charge on any atom is 0.263 e. The highest BCUT2D eigenvalue weighted by molar-refractivity contribution is 9.14. The fourth-order valence-corrected chi connectivity index (χ4v) is 1.76. The second-order valence-corrected chi connectivity index (χ2v) is 5.27. The van der Waals surface area contributed by atoms with Crippen LogP contribution in [0.15, 0.2) is 39.7 Å². The molecule has 5 heteroatoms. The zero-order valence-corrected chi connectivity index (χ0v) is 11.6. The van der Waals surface area contributed by atoms with E-state index in [1.807, 2.05) is 36.4 Å². The van der Waals surface area contributed by atoms with E-state index in [1.54, 1.807) is 6.26 Å². The Balaban J connectivity index is 2.65. The predicted molar refractivity (Wildman–Crippen MR) is 73.4 cm³/mol. The van der Waals surface area contributed by atoms with Crippen LogP contribution in [0.2, 0.25) is 0 Å². The molecule has 0 radical (unpaired) electrons. The molecule has 1 amide bonds. The Bertz CT molecular complexity index is 465. The van der Waals surface area contributed by atoms with E-state index in [-0.39, 0.29) is 11.5 Å². The smallest absolute Gasteiger partial charge is 0.263 e. The average Bonchev–Trinajstić information content (AvgIpc) is 2.38. The first-order valence-electron chi connectivity index (χ1n) is 4.85. The van der Waals surface area contributed by atoms with Crippen LogP contribution in [0.5, 0.6) is 0 Å². The van der Waals surface area contributed by atoms with E-state index >= 15 is 0 Å². The molecule has 88 valence electrons. The molecular formula is C12H11BrN2OS. The molecule has 1 N–H and O–H groups in total. The van der Waals surface area contributed by atoms with E-state index in [0.717, 1.165) is 5.56 Å². The maximum atomic E-state index is 11.7. The lowest BCUT2D eigenvalue weighted by molar-refractivity contribution is -0.117. The van der Waals surface area contributed by atoms with Crippen molar-refractivity contribution in [2.75, 3.05) is 6.26 Å². The summed E-state index contributed by atoms with van der Waals surface area (Å²) in [4.78, 5) is 11.7. The summed E-state index contributed by atoms with van der Waals surface area (Å²) < 4.78 is 0.547. The molecule has 0 saturated carbocycles. The quantitative estimate of drug-likeness (QED) is 0.687. The van der Waals surface area contributed by atoms with Gasteiger partial charge in [0.15, 0.2) is 0 Å². The Morgan fingerprint density at radius 1 is 1.47 bits per heavy atom. The number of benzene rings is 1. The van der Waals surface area contributed by atoms with E-state index in [9.17, 15) is 4.79 Å². The predicted octanol–water partition coefficient (Wildman–Crippen LogP) is 2.80. The van der Waals surface area contributed by atoms with Gasteiger partial charge in [-0.2, -0.15) is 5.26 Å². The van der Waals surface area contributed by atoms with Crippen molar-refractivity contribution in [1.82, 2.24) is 5.32 Å². The van der Waals surface area contributed by atoms with Crippen molar-refractivity contribution in [3.8, 4) is 6.07 Å². The second kappa shape index (κ2) is 7.15. The zero-order chi connectivity index (χ0) is 12.7. The molecule has 0 spiro atoms. The molecule has 0 aliphatic rings. The monoisotopic (exact) mass is 310 g/mol. The van der Waals surface area contributed by atoms with Gasteiger partial charge >= 0.3 is 0 Å². The zero-order valence-electron chi connectivity index (χ0n) is 9.24. The van der Waals surface area contributed by atoms with Crippen molar-refractivity contribution in [3.05, 3.63) is 45.3 Å². The number of nitriles is 1. The molecule has 0 bridgehead atoms. The van der Waals surface area contributed by atoms with Gasteiger partial charge in [-0.3, -0.25) is 4.79 Å². The first-order chi connectivity index (χ1) is 8.19. The summed E-state index contributed by atoms with van der Waals surface area (Å²) in [7, 11) is 0. The SMILES string of the molecule is CS/C(Br)=C(\C#N)C(=O)NCc1ccccc1. The van der Waals surface area contributed by atoms with Gasteiger partial charge in [0.25, 0.3) is 5.91 Å². The number of hydrogen-bond donors (Lipinski definition) is 1. The van der Waals surface area contributed by atoms with E-state index in [0.29, 0.717) is 10.4 Å². The highest BCUT2D eigenvalue weighted by Crippen LogP contribution is 2.23. The van der Waals surface area contributed by atoms with E-state index in [1.165, 1.54) is 11.8 Å². The van der Waals surface area contributed by atoms with Crippen molar-refractivity contribution in [2.45, 2.75) is 6.54 Å². The molecule has 0 fully saturated rings. The minimum Gasteiger partial charge on any atom is -0.347 e. The van der Waals surface area contributed by atoms with Crippen LogP contribution in [0.3, 0.4) is 0 Å². The molecular weight excluding hydrogens is 300 g/mol. The van der Waals surface area contributed by atoms with Crippen molar-refractivity contribution in [3.63, 3.8) is 0 Å². The second-order valence-electron chi connectivity index (χ2n) is 3.13. The molecule has 0 aromatic heterocycles. The van der Waals surface area contributed by atoms with Gasteiger partial charge in [0, 0.05) is 6.54 Å². The molecule has 1 aromatic carbocycles. The Hall–Kier alpha value is -1.25. The van der Waals surface area contributed by atoms with Crippen molar-refractivity contribution < 1.29 is 4.79 Å². The highest BCUT2D eigenvalue weighted by Gasteiger charge is 2.12. The average molecular weight is 311 g/mol. The third-order valence-corrected chi connectivity index (χ3v) is 3.94. The van der Waals surface area contributed by atoms with Crippen LogP contribution >= 0.6 is 27.7 Å². The van der Waals surface area contributed by atoms with Crippen molar-refractivity contribution in [1.29, 1.82) is 5.26 Å². The van der Waals surface area contributed by atoms with Crippen molar-refractivity contribution in [2.24, 2.45) is 0 Å². The molecule has 0 saturated heterocycles. The lowest BCUT2D eigenvalue weighted by Gasteiger charge is -2.05. The van der Waals surface area contributed by atoms with E-state index in [2.05, 4.69) is 21.2 Å². The van der Waals surface area contributed by atoms with Crippen LogP contribution in [0.4, 0.5) is 0 Å². The number of halogens is 1. The summed E-state index contributed by atoms with van der Waals surface area (Å²) >= 11 is 4.51. The highest BCUT2D eigenvalue weighted by atomic mass is 79.9. The summed E-state index contributed by atoms with van der Waals surface area (Å²) in [6.07, 6.45) is 1.80. The Labute approximate surface area is 113 Å². The molecule has 1 aromatic rings. The van der Waals surface area contributed by atoms with Crippen LogP contribution < -0.4 is 5.32 Å². The summed E-state index contributed by atoms with van der Waals surface area (Å²) in [6.45, 7) is 0.416. The van der Waals surface area contributed by atoms with Gasteiger partial charge in [-0.1, -0.05) is 30.3 Å². The van der Waals surface area contributed by atoms with Crippen molar-refractivity contribution >= 4 is 33.6 Å². The molecule has 1 rings (SSSR count). The lowest BCUT2D eigenvalue weighted by atomic mass is 10.2. The van der Waals surface area contributed by atoms with Gasteiger partial charge in [0.2, 0.25) is 0 Å². The minimum atomic E-state index is -0.363. The summed E-state index contributed by atoms with van der Waals surface area (Å²) in [5.41, 5.74) is 1.10. The molecule has 3 nitrogen and oxygen atoms in total. The molecule has 0 unspecified atom stereocenters. The number of carbonyl (C=O) groups excluding carboxylic acids is 1.